The molecule has 0 fully saturated rings. The maximum atomic E-state index is 12.3. The average molecular weight is 477 g/mol. The van der Waals surface area contributed by atoms with E-state index in [0.29, 0.717) is 23.4 Å². The second-order valence-corrected chi connectivity index (χ2v) is 6.73. The number of carboxylic acid groups (broad SMARTS) is 2. The summed E-state index contributed by atoms with van der Waals surface area (Å²) in [6.07, 6.45) is 0.931. The van der Waals surface area contributed by atoms with Gasteiger partial charge in [0.15, 0.2) is 17.0 Å². The number of benzene rings is 1. The highest BCUT2D eigenvalue weighted by Crippen LogP contribution is 2.16. The summed E-state index contributed by atoms with van der Waals surface area (Å²) < 4.78 is 0. The van der Waals surface area contributed by atoms with Gasteiger partial charge < -0.3 is 32.3 Å². The molecule has 174 valence electrons. The molecule has 0 bridgehead atoms. The molecule has 0 aliphatic heterocycles. The minimum absolute atomic E-state index is 0. The molecule has 0 aliphatic carbocycles. The van der Waals surface area contributed by atoms with Crippen molar-refractivity contribution in [3.8, 4) is 0 Å². The van der Waals surface area contributed by atoms with E-state index in [1.165, 1.54) is 18.3 Å². The molecular formula is C19H21ClN8O5. The van der Waals surface area contributed by atoms with Gasteiger partial charge in [0.05, 0.1) is 18.4 Å². The van der Waals surface area contributed by atoms with Gasteiger partial charge in [-0.15, -0.1) is 12.4 Å². The monoisotopic (exact) mass is 476 g/mol. The summed E-state index contributed by atoms with van der Waals surface area (Å²) in [5.74, 6) is -2.93. The molecule has 14 heteroatoms. The number of carbonyl (C=O) groups excluding carboxylic acids is 1. The molecule has 3 rings (SSSR count). The lowest BCUT2D eigenvalue weighted by molar-refractivity contribution is -0.140. The van der Waals surface area contributed by atoms with Gasteiger partial charge in [-0.3, -0.25) is 9.59 Å². The molecule has 2 heterocycles. The molecule has 1 amide bonds. The van der Waals surface area contributed by atoms with Gasteiger partial charge in [-0.05, 0) is 30.7 Å². The Kier molecular flexibility index (Phi) is 8.23. The Morgan fingerprint density at radius 1 is 1.03 bits per heavy atom. The number of carboxylic acids is 2. The summed E-state index contributed by atoms with van der Waals surface area (Å²) in [6, 6.07) is 4.99. The van der Waals surface area contributed by atoms with Crippen molar-refractivity contribution in [2.75, 3.05) is 16.8 Å². The van der Waals surface area contributed by atoms with Crippen molar-refractivity contribution in [2.45, 2.75) is 25.4 Å². The van der Waals surface area contributed by atoms with Crippen LogP contribution in [0.25, 0.3) is 11.2 Å². The smallest absolute Gasteiger partial charge is 0.326 e. The van der Waals surface area contributed by atoms with Crippen molar-refractivity contribution in [1.82, 2.24) is 25.3 Å². The van der Waals surface area contributed by atoms with Crippen LogP contribution in [-0.4, -0.2) is 54.0 Å². The Morgan fingerprint density at radius 2 is 1.73 bits per heavy atom. The van der Waals surface area contributed by atoms with E-state index in [9.17, 15) is 14.4 Å². The van der Waals surface area contributed by atoms with Crippen molar-refractivity contribution in [2.24, 2.45) is 0 Å². The molecule has 33 heavy (non-hydrogen) atoms. The van der Waals surface area contributed by atoms with Crippen LogP contribution in [0.15, 0.2) is 30.5 Å². The van der Waals surface area contributed by atoms with E-state index in [1.807, 2.05) is 0 Å². The third-order valence-corrected chi connectivity index (χ3v) is 4.37. The number of anilines is 3. The van der Waals surface area contributed by atoms with E-state index in [-0.39, 0.29) is 48.2 Å². The molecule has 1 atom stereocenters. The molecular weight excluding hydrogens is 456 g/mol. The fourth-order valence-electron chi connectivity index (χ4n) is 2.77. The molecule has 1 aromatic carbocycles. The van der Waals surface area contributed by atoms with Crippen LogP contribution in [0.1, 0.15) is 28.9 Å². The van der Waals surface area contributed by atoms with Gasteiger partial charge in [0.1, 0.15) is 6.04 Å². The highest BCUT2D eigenvalue weighted by molar-refractivity contribution is 5.97. The average Bonchev–Trinajstić information content (AvgIpc) is 2.75. The zero-order chi connectivity index (χ0) is 23.3. The molecule has 3 aromatic rings. The summed E-state index contributed by atoms with van der Waals surface area (Å²) >= 11 is 0. The number of nitrogens with one attached hydrogen (secondary N) is 2. The highest BCUT2D eigenvalue weighted by Gasteiger charge is 2.21. The van der Waals surface area contributed by atoms with Crippen LogP contribution in [0.5, 0.6) is 0 Å². The van der Waals surface area contributed by atoms with Crippen molar-refractivity contribution >= 4 is 58.9 Å². The Hall–Kier alpha value is -4.26. The molecule has 13 nitrogen and oxygen atoms in total. The zero-order valence-corrected chi connectivity index (χ0v) is 17.9. The van der Waals surface area contributed by atoms with Crippen molar-refractivity contribution in [3.05, 3.63) is 41.7 Å². The van der Waals surface area contributed by atoms with E-state index < -0.39 is 23.9 Å². The van der Waals surface area contributed by atoms with Crippen molar-refractivity contribution in [1.29, 1.82) is 0 Å². The van der Waals surface area contributed by atoms with E-state index in [4.69, 9.17) is 21.7 Å². The number of hydrogen-bond donors (Lipinski definition) is 6. The summed E-state index contributed by atoms with van der Waals surface area (Å²) in [5.41, 5.74) is 13.4. The minimum atomic E-state index is -1.30. The number of halogens is 1. The number of carbonyl (C=O) groups is 3. The maximum absolute atomic E-state index is 12.3. The van der Waals surface area contributed by atoms with Gasteiger partial charge >= 0.3 is 11.9 Å². The first-order chi connectivity index (χ1) is 15.2. The Labute approximate surface area is 193 Å². The Morgan fingerprint density at radius 3 is 2.36 bits per heavy atom. The molecule has 8 N–H and O–H groups in total. The van der Waals surface area contributed by atoms with Gasteiger partial charge in [0, 0.05) is 17.7 Å². The Bertz CT molecular complexity index is 1170. The van der Waals surface area contributed by atoms with E-state index in [2.05, 4.69) is 30.6 Å². The van der Waals surface area contributed by atoms with Gasteiger partial charge in [0.2, 0.25) is 5.95 Å². The molecule has 0 saturated carbocycles. The van der Waals surface area contributed by atoms with E-state index >= 15 is 0 Å². The highest BCUT2D eigenvalue weighted by atomic mass is 35.5. The second kappa shape index (κ2) is 10.9. The summed E-state index contributed by atoms with van der Waals surface area (Å²) in [5, 5.41) is 23.3. The quantitative estimate of drug-likeness (QED) is 0.251. The predicted octanol–water partition coefficient (Wildman–Crippen LogP) is 0.666. The molecule has 2 aromatic heterocycles. The minimum Gasteiger partial charge on any atom is -0.481 e. The predicted molar refractivity (Wildman–Crippen MR) is 121 cm³/mol. The number of hydrogen-bond acceptors (Lipinski definition) is 10. The lowest BCUT2D eigenvalue weighted by Crippen LogP contribution is -2.41. The van der Waals surface area contributed by atoms with E-state index in [1.54, 1.807) is 12.1 Å². The molecule has 0 aliphatic rings. The van der Waals surface area contributed by atoms with Crippen LogP contribution < -0.4 is 22.1 Å². The molecule has 0 saturated heterocycles. The largest absolute Gasteiger partial charge is 0.481 e. The number of rotatable bonds is 9. The second-order valence-electron chi connectivity index (χ2n) is 6.73. The third-order valence-electron chi connectivity index (χ3n) is 4.37. The zero-order valence-electron chi connectivity index (χ0n) is 17.1. The number of amides is 1. The summed E-state index contributed by atoms with van der Waals surface area (Å²) in [6.45, 7) is 0.300. The van der Waals surface area contributed by atoms with Gasteiger partial charge in [-0.1, -0.05) is 0 Å². The Balaban J connectivity index is 0.00000385. The fourth-order valence-corrected chi connectivity index (χ4v) is 2.77. The van der Waals surface area contributed by atoms with Gasteiger partial charge in [0.25, 0.3) is 5.91 Å². The molecule has 1 unspecified atom stereocenters. The fraction of sp³-hybridized carbons (Fsp3) is 0.211. The van der Waals surface area contributed by atoms with Crippen LogP contribution in [-0.2, 0) is 16.1 Å². The standard InChI is InChI=1S/C19H20N8O5.ClH/c20-15-14-16(27-19(21)26-15)23-8-11(24-14)7-22-10-3-1-9(2-4-10)17(30)25-12(18(31)32)5-6-13(28)29;/h1-4,8,12,22H,5-7H2,(H,25,30)(H,28,29)(H,31,32)(H4,20,21,23,26,27);1H. The third kappa shape index (κ3) is 6.61. The van der Waals surface area contributed by atoms with Gasteiger partial charge in [-0.2, -0.15) is 9.97 Å². The topological polar surface area (TPSA) is 219 Å². The number of nitrogens with two attached hydrogens (primary N) is 2. The number of aliphatic carboxylic acids is 2. The van der Waals surface area contributed by atoms with Crippen molar-refractivity contribution in [3.63, 3.8) is 0 Å². The maximum Gasteiger partial charge on any atom is 0.326 e. The lowest BCUT2D eigenvalue weighted by atomic mass is 10.1. The lowest BCUT2D eigenvalue weighted by Gasteiger charge is -2.14. The summed E-state index contributed by atoms with van der Waals surface area (Å²) in [4.78, 5) is 50.5. The van der Waals surface area contributed by atoms with Crippen LogP contribution >= 0.6 is 12.4 Å². The van der Waals surface area contributed by atoms with Crippen LogP contribution in [0.4, 0.5) is 17.5 Å². The first kappa shape index (κ1) is 25.0. The SMILES string of the molecule is Cl.Nc1nc(N)c2nc(CNc3ccc(C(=O)NC(CCC(=O)O)C(=O)O)cc3)cnc2n1. The first-order valence-corrected chi connectivity index (χ1v) is 9.37. The normalized spacial score (nSPS) is 11.3. The molecule has 0 radical (unpaired) electrons. The number of fused-ring (bicyclic) bond motifs is 1. The summed E-state index contributed by atoms with van der Waals surface area (Å²) in [7, 11) is 0. The van der Waals surface area contributed by atoms with Crippen LogP contribution in [0.3, 0.4) is 0 Å². The van der Waals surface area contributed by atoms with Crippen molar-refractivity contribution < 1.29 is 24.6 Å². The van der Waals surface area contributed by atoms with E-state index in [0.717, 1.165) is 0 Å². The number of nitrogen functional groups attached to an aromatic ring is 2. The molecule has 0 spiro atoms. The first-order valence-electron chi connectivity index (χ1n) is 9.37. The van der Waals surface area contributed by atoms with Crippen LogP contribution in [0.2, 0.25) is 0 Å². The number of nitrogens with zero attached hydrogens (tertiary/aromatic N) is 4. The van der Waals surface area contributed by atoms with Gasteiger partial charge in [-0.25, -0.2) is 14.8 Å². The number of aromatic nitrogens is 4. The van der Waals surface area contributed by atoms with Crippen LogP contribution in [0, 0.1) is 0 Å².